The van der Waals surface area contributed by atoms with Gasteiger partial charge in [-0.2, -0.15) is 0 Å². The van der Waals surface area contributed by atoms with E-state index in [1.807, 2.05) is 24.3 Å². The molecular weight excluding hydrogens is 164 g/mol. The van der Waals surface area contributed by atoms with Crippen LogP contribution in [0.15, 0.2) is 24.3 Å². The van der Waals surface area contributed by atoms with E-state index in [2.05, 4.69) is 0 Å². The lowest BCUT2D eigenvalue weighted by atomic mass is 9.78. The fourth-order valence-corrected chi connectivity index (χ4v) is 1.98. The number of hydrogen-bond acceptors (Lipinski definition) is 2. The summed E-state index contributed by atoms with van der Waals surface area (Å²) in [5, 5.41) is 19.7. The van der Waals surface area contributed by atoms with Crippen LogP contribution in [-0.2, 0) is 12.0 Å². The van der Waals surface area contributed by atoms with E-state index in [-0.39, 0.29) is 0 Å². The fourth-order valence-electron chi connectivity index (χ4n) is 1.98. The number of hydrogen-bond donors (Lipinski definition) is 2. The molecule has 0 radical (unpaired) electrons. The van der Waals surface area contributed by atoms with Crippen LogP contribution in [0.3, 0.4) is 0 Å². The molecule has 0 fully saturated rings. The molecule has 2 unspecified atom stereocenters. The first kappa shape index (κ1) is 8.73. The molecule has 2 nitrogen and oxygen atoms in total. The first-order valence-corrected chi connectivity index (χ1v) is 4.61. The Kier molecular flexibility index (Phi) is 1.90. The molecule has 0 saturated carbocycles. The van der Waals surface area contributed by atoms with Gasteiger partial charge in [0.25, 0.3) is 0 Å². The molecule has 0 heterocycles. The number of benzene rings is 1. The Morgan fingerprint density at radius 1 is 1.38 bits per heavy atom. The number of aliphatic hydroxyl groups excluding tert-OH is 1. The second-order valence-electron chi connectivity index (χ2n) is 3.86. The van der Waals surface area contributed by atoms with E-state index in [4.69, 9.17) is 0 Å². The summed E-state index contributed by atoms with van der Waals surface area (Å²) in [7, 11) is 0. The average Bonchev–Trinajstić information content (AvgIpc) is 2.13. The number of rotatable bonds is 0. The molecule has 0 aliphatic heterocycles. The predicted molar refractivity (Wildman–Crippen MR) is 50.3 cm³/mol. The summed E-state index contributed by atoms with van der Waals surface area (Å²) in [5.41, 5.74) is 0.945. The molecule has 0 amide bonds. The van der Waals surface area contributed by atoms with Crippen molar-refractivity contribution in [3.8, 4) is 0 Å². The van der Waals surface area contributed by atoms with E-state index < -0.39 is 11.7 Å². The summed E-state index contributed by atoms with van der Waals surface area (Å²) in [6.45, 7) is 1.68. The van der Waals surface area contributed by atoms with Crippen LogP contribution >= 0.6 is 0 Å². The van der Waals surface area contributed by atoms with Crippen LogP contribution in [0.5, 0.6) is 0 Å². The van der Waals surface area contributed by atoms with Gasteiger partial charge in [0.1, 0.15) is 5.60 Å². The van der Waals surface area contributed by atoms with Gasteiger partial charge in [-0.3, -0.25) is 0 Å². The zero-order chi connectivity index (χ0) is 9.47. The van der Waals surface area contributed by atoms with Crippen LogP contribution in [0.1, 0.15) is 24.5 Å². The molecule has 0 bridgehead atoms. The van der Waals surface area contributed by atoms with Crippen LogP contribution < -0.4 is 0 Å². The summed E-state index contributed by atoms with van der Waals surface area (Å²) >= 11 is 0. The topological polar surface area (TPSA) is 40.5 Å². The van der Waals surface area contributed by atoms with Gasteiger partial charge in [0.2, 0.25) is 0 Å². The highest BCUT2D eigenvalue weighted by Gasteiger charge is 2.37. The quantitative estimate of drug-likeness (QED) is 0.626. The molecule has 2 N–H and O–H groups in total. The highest BCUT2D eigenvalue weighted by molar-refractivity contribution is 5.35. The molecular formula is C11H14O2. The predicted octanol–water partition coefficient (Wildman–Crippen LogP) is 1.20. The molecule has 0 aromatic heterocycles. The van der Waals surface area contributed by atoms with Crippen molar-refractivity contribution in [1.29, 1.82) is 0 Å². The average molecular weight is 178 g/mol. The third kappa shape index (κ3) is 1.26. The normalized spacial score (nSPS) is 32.7. The third-order valence-corrected chi connectivity index (χ3v) is 2.90. The summed E-state index contributed by atoms with van der Waals surface area (Å²) in [6.07, 6.45) is 0.861. The molecule has 1 aromatic rings. The number of aryl methyl sites for hydroxylation is 1. The second-order valence-corrected chi connectivity index (χ2v) is 3.86. The Morgan fingerprint density at radius 3 is 2.85 bits per heavy atom. The lowest BCUT2D eigenvalue weighted by molar-refractivity contribution is -0.0765. The monoisotopic (exact) mass is 178 g/mol. The van der Waals surface area contributed by atoms with E-state index in [1.54, 1.807) is 6.92 Å². The fraction of sp³-hybridized carbons (Fsp3) is 0.455. The Morgan fingerprint density at radius 2 is 2.08 bits per heavy atom. The number of fused-ring (bicyclic) bond motifs is 1. The van der Waals surface area contributed by atoms with E-state index >= 15 is 0 Å². The van der Waals surface area contributed by atoms with Gasteiger partial charge in [0, 0.05) is 0 Å². The van der Waals surface area contributed by atoms with Crippen molar-refractivity contribution in [2.24, 2.45) is 0 Å². The van der Waals surface area contributed by atoms with Gasteiger partial charge in [0.05, 0.1) is 6.10 Å². The number of aliphatic hydroxyl groups is 2. The smallest absolute Gasteiger partial charge is 0.113 e. The van der Waals surface area contributed by atoms with Gasteiger partial charge < -0.3 is 10.2 Å². The lowest BCUT2D eigenvalue weighted by Gasteiger charge is -2.35. The van der Waals surface area contributed by atoms with Crippen LogP contribution in [0.2, 0.25) is 0 Å². The minimum absolute atomic E-state index is 0.637. The Hall–Kier alpha value is -0.860. The van der Waals surface area contributed by atoms with E-state index in [0.29, 0.717) is 6.42 Å². The summed E-state index contributed by atoms with van der Waals surface area (Å²) in [6, 6.07) is 7.76. The first-order chi connectivity index (χ1) is 6.12. The molecule has 0 saturated heterocycles. The Labute approximate surface area is 77.8 Å². The van der Waals surface area contributed by atoms with Gasteiger partial charge in [-0.25, -0.2) is 0 Å². The zero-order valence-electron chi connectivity index (χ0n) is 7.70. The van der Waals surface area contributed by atoms with E-state index in [0.717, 1.165) is 17.5 Å². The van der Waals surface area contributed by atoms with Gasteiger partial charge in [0.15, 0.2) is 0 Å². The second kappa shape index (κ2) is 2.82. The minimum atomic E-state index is -1.07. The van der Waals surface area contributed by atoms with E-state index in [1.165, 1.54) is 0 Å². The molecule has 2 atom stereocenters. The molecule has 70 valence electrons. The SMILES string of the molecule is CC1(O)c2ccccc2CCC1O. The molecule has 13 heavy (non-hydrogen) atoms. The van der Waals surface area contributed by atoms with Gasteiger partial charge in [-0.15, -0.1) is 0 Å². The van der Waals surface area contributed by atoms with Crippen LogP contribution in [-0.4, -0.2) is 16.3 Å². The standard InChI is InChI=1S/C11H14O2/c1-11(13)9-5-3-2-4-8(9)6-7-10(11)12/h2-5,10,12-13H,6-7H2,1H3. The molecule has 0 spiro atoms. The minimum Gasteiger partial charge on any atom is -0.390 e. The Bertz CT molecular complexity index is 318. The van der Waals surface area contributed by atoms with Crippen LogP contribution in [0.4, 0.5) is 0 Å². The Balaban J connectivity index is 2.52. The maximum atomic E-state index is 10.0. The first-order valence-electron chi connectivity index (χ1n) is 4.61. The van der Waals surface area contributed by atoms with Crippen molar-refractivity contribution < 1.29 is 10.2 Å². The van der Waals surface area contributed by atoms with Crippen molar-refractivity contribution in [3.05, 3.63) is 35.4 Å². The van der Waals surface area contributed by atoms with Crippen molar-refractivity contribution >= 4 is 0 Å². The highest BCUT2D eigenvalue weighted by Crippen LogP contribution is 2.34. The van der Waals surface area contributed by atoms with Crippen molar-refractivity contribution in [1.82, 2.24) is 0 Å². The third-order valence-electron chi connectivity index (χ3n) is 2.90. The lowest BCUT2D eigenvalue weighted by Crippen LogP contribution is -2.40. The van der Waals surface area contributed by atoms with Gasteiger partial charge in [-0.1, -0.05) is 24.3 Å². The van der Waals surface area contributed by atoms with Gasteiger partial charge in [-0.05, 0) is 30.9 Å². The molecule has 2 heteroatoms. The molecule has 1 aliphatic carbocycles. The van der Waals surface area contributed by atoms with Crippen molar-refractivity contribution in [3.63, 3.8) is 0 Å². The summed E-state index contributed by atoms with van der Waals surface area (Å²) in [4.78, 5) is 0. The zero-order valence-corrected chi connectivity index (χ0v) is 7.70. The van der Waals surface area contributed by atoms with Crippen LogP contribution in [0, 0.1) is 0 Å². The maximum Gasteiger partial charge on any atom is 0.113 e. The molecule has 1 aromatic carbocycles. The van der Waals surface area contributed by atoms with Crippen molar-refractivity contribution in [2.45, 2.75) is 31.5 Å². The van der Waals surface area contributed by atoms with Gasteiger partial charge >= 0.3 is 0 Å². The summed E-state index contributed by atoms with van der Waals surface area (Å²) in [5.74, 6) is 0. The molecule has 1 aliphatic rings. The summed E-state index contributed by atoms with van der Waals surface area (Å²) < 4.78 is 0. The van der Waals surface area contributed by atoms with Crippen LogP contribution in [0.25, 0.3) is 0 Å². The largest absolute Gasteiger partial charge is 0.390 e. The molecule has 2 rings (SSSR count). The maximum absolute atomic E-state index is 10.0. The highest BCUT2D eigenvalue weighted by atomic mass is 16.3. The van der Waals surface area contributed by atoms with Crippen molar-refractivity contribution in [2.75, 3.05) is 0 Å². The van der Waals surface area contributed by atoms with E-state index in [9.17, 15) is 10.2 Å².